The second-order valence-electron chi connectivity index (χ2n) is 6.99. The number of aliphatic hydroxyl groups excluding tert-OH is 1. The van der Waals surface area contributed by atoms with Crippen LogP contribution in [-0.4, -0.2) is 47.3 Å². The molecule has 0 saturated heterocycles. The smallest absolute Gasteiger partial charge is 0.250 e. The van der Waals surface area contributed by atoms with E-state index in [-0.39, 0.29) is 17.1 Å². The maximum atomic E-state index is 12.1. The van der Waals surface area contributed by atoms with Gasteiger partial charge < -0.3 is 26.6 Å². The number of hydrogen-bond donors (Lipinski definition) is 5. The lowest BCUT2D eigenvalue weighted by Crippen LogP contribution is -2.50. The number of phenolic OH excluding ortho intramolecular Hbond substituents is 1. The number of hydrogen-bond acceptors (Lipinski definition) is 5. The first-order valence-electron chi connectivity index (χ1n) is 8.40. The van der Waals surface area contributed by atoms with Gasteiger partial charge in [-0.25, -0.2) is 0 Å². The Morgan fingerprint density at radius 3 is 2.28 bits per heavy atom. The average Bonchev–Trinajstić information content (AvgIpc) is 2.58. The van der Waals surface area contributed by atoms with E-state index in [1.54, 1.807) is 19.1 Å². The summed E-state index contributed by atoms with van der Waals surface area (Å²) in [7, 11) is 0. The number of amides is 2. The number of nitrogens with two attached hydrogens (primary N) is 1. The third kappa shape index (κ3) is 7.53. The minimum atomic E-state index is -1.34. The van der Waals surface area contributed by atoms with Gasteiger partial charge in [0, 0.05) is 25.6 Å². The molecule has 2 atom stereocenters. The highest BCUT2D eigenvalue weighted by atomic mass is 16.3. The lowest BCUT2D eigenvalue weighted by atomic mass is 9.93. The van der Waals surface area contributed by atoms with Crippen molar-refractivity contribution in [2.24, 2.45) is 11.1 Å². The highest BCUT2D eigenvalue weighted by Crippen LogP contribution is 2.13. The molecule has 0 bridgehead atoms. The summed E-state index contributed by atoms with van der Waals surface area (Å²) in [5.41, 5.74) is 6.39. The Labute approximate surface area is 148 Å². The first-order chi connectivity index (χ1) is 11.6. The van der Waals surface area contributed by atoms with Crippen molar-refractivity contribution in [1.29, 1.82) is 0 Å². The molecule has 140 valence electrons. The van der Waals surface area contributed by atoms with Crippen LogP contribution in [0.2, 0.25) is 0 Å². The summed E-state index contributed by atoms with van der Waals surface area (Å²) in [6.45, 7) is 6.32. The van der Waals surface area contributed by atoms with Crippen LogP contribution in [0.5, 0.6) is 5.75 Å². The number of carbonyl (C=O) groups is 2. The summed E-state index contributed by atoms with van der Waals surface area (Å²) in [4.78, 5) is 23.4. The van der Waals surface area contributed by atoms with Crippen LogP contribution in [0.25, 0.3) is 0 Å². The van der Waals surface area contributed by atoms with E-state index in [1.165, 1.54) is 12.1 Å². The highest BCUT2D eigenvalue weighted by molar-refractivity contribution is 5.81. The first-order valence-corrected chi connectivity index (χ1v) is 8.40. The molecule has 1 aromatic carbocycles. The summed E-state index contributed by atoms with van der Waals surface area (Å²) in [6, 6.07) is 5.69. The van der Waals surface area contributed by atoms with Gasteiger partial charge in [0.1, 0.15) is 11.9 Å². The predicted octanol–water partition coefficient (Wildman–Crippen LogP) is 0.292. The van der Waals surface area contributed by atoms with Gasteiger partial charge in [0.05, 0.1) is 0 Å². The lowest BCUT2D eigenvalue weighted by molar-refractivity contribution is -0.130. The Morgan fingerprint density at radius 1 is 1.16 bits per heavy atom. The van der Waals surface area contributed by atoms with E-state index in [2.05, 4.69) is 10.6 Å². The molecule has 0 aliphatic carbocycles. The van der Waals surface area contributed by atoms with Crippen LogP contribution in [0, 0.1) is 5.41 Å². The molecular formula is C18H29N3O4. The van der Waals surface area contributed by atoms with Crippen LogP contribution in [-0.2, 0) is 16.0 Å². The van der Waals surface area contributed by atoms with Crippen LogP contribution in [0.1, 0.15) is 32.8 Å². The zero-order valence-electron chi connectivity index (χ0n) is 15.1. The molecule has 0 aromatic heterocycles. The fraction of sp³-hybridized carbons (Fsp3) is 0.556. The SMILES string of the molecule is CCC(=O)NCC(C)(C)CNC(=O)C(O)C(N)Cc1ccc(O)cc1. The number of benzene rings is 1. The molecule has 7 heteroatoms. The van der Waals surface area contributed by atoms with E-state index in [9.17, 15) is 19.8 Å². The van der Waals surface area contributed by atoms with Gasteiger partial charge in [0.25, 0.3) is 0 Å². The number of rotatable bonds is 9. The molecule has 0 fully saturated rings. The molecule has 2 amide bonds. The molecular weight excluding hydrogens is 322 g/mol. The van der Waals surface area contributed by atoms with Crippen LogP contribution >= 0.6 is 0 Å². The fourth-order valence-corrected chi connectivity index (χ4v) is 2.17. The second kappa shape index (κ2) is 9.39. The summed E-state index contributed by atoms with van der Waals surface area (Å²) >= 11 is 0. The number of phenols is 1. The number of aliphatic hydroxyl groups is 1. The lowest BCUT2D eigenvalue weighted by Gasteiger charge is -2.27. The van der Waals surface area contributed by atoms with E-state index >= 15 is 0 Å². The normalized spacial score (nSPS) is 13.8. The third-order valence-electron chi connectivity index (χ3n) is 3.91. The van der Waals surface area contributed by atoms with Gasteiger partial charge in [-0.1, -0.05) is 32.9 Å². The largest absolute Gasteiger partial charge is 0.508 e. The van der Waals surface area contributed by atoms with Crippen molar-refractivity contribution in [1.82, 2.24) is 10.6 Å². The molecule has 25 heavy (non-hydrogen) atoms. The van der Waals surface area contributed by atoms with E-state index in [0.29, 0.717) is 25.9 Å². The maximum Gasteiger partial charge on any atom is 0.250 e. The van der Waals surface area contributed by atoms with Crippen molar-refractivity contribution in [2.45, 2.75) is 45.8 Å². The fourth-order valence-electron chi connectivity index (χ4n) is 2.17. The number of carbonyl (C=O) groups excluding carboxylic acids is 2. The topological polar surface area (TPSA) is 125 Å². The van der Waals surface area contributed by atoms with Gasteiger partial charge in [-0.2, -0.15) is 0 Å². The van der Waals surface area contributed by atoms with Gasteiger partial charge >= 0.3 is 0 Å². The number of aromatic hydroxyl groups is 1. The van der Waals surface area contributed by atoms with Gasteiger partial charge in [0.2, 0.25) is 11.8 Å². The van der Waals surface area contributed by atoms with Crippen molar-refractivity contribution in [2.75, 3.05) is 13.1 Å². The zero-order valence-corrected chi connectivity index (χ0v) is 15.1. The monoisotopic (exact) mass is 351 g/mol. The quantitative estimate of drug-likeness (QED) is 0.437. The summed E-state index contributed by atoms with van der Waals surface area (Å²) in [5.74, 6) is -0.440. The molecule has 0 spiro atoms. The standard InChI is InChI=1S/C18H29N3O4/c1-4-15(23)20-10-18(2,3)11-21-17(25)16(24)14(19)9-12-5-7-13(22)8-6-12/h5-8,14,16,22,24H,4,9-11,19H2,1-3H3,(H,20,23)(H,21,25). The molecule has 0 heterocycles. The molecule has 6 N–H and O–H groups in total. The van der Waals surface area contributed by atoms with E-state index < -0.39 is 18.1 Å². The molecule has 0 radical (unpaired) electrons. The van der Waals surface area contributed by atoms with Gasteiger partial charge in [-0.15, -0.1) is 0 Å². The summed E-state index contributed by atoms with van der Waals surface area (Å²) in [5, 5.41) is 24.8. The molecule has 1 aromatic rings. The molecule has 0 aliphatic heterocycles. The van der Waals surface area contributed by atoms with Crippen LogP contribution in [0.3, 0.4) is 0 Å². The van der Waals surface area contributed by atoms with Crippen molar-refractivity contribution in [3.05, 3.63) is 29.8 Å². The molecule has 1 rings (SSSR count). The minimum absolute atomic E-state index is 0.0460. The molecule has 0 aliphatic rings. The zero-order chi connectivity index (χ0) is 19.0. The van der Waals surface area contributed by atoms with Gasteiger partial charge in [-0.3, -0.25) is 9.59 Å². The Hall–Kier alpha value is -2.12. The van der Waals surface area contributed by atoms with Crippen molar-refractivity contribution >= 4 is 11.8 Å². The Morgan fingerprint density at radius 2 is 1.72 bits per heavy atom. The predicted molar refractivity (Wildman–Crippen MR) is 95.9 cm³/mol. The Bertz CT molecular complexity index is 572. The molecule has 0 saturated carbocycles. The van der Waals surface area contributed by atoms with Gasteiger partial charge in [0.15, 0.2) is 0 Å². The average molecular weight is 351 g/mol. The van der Waals surface area contributed by atoms with Crippen LogP contribution in [0.4, 0.5) is 0 Å². The Kier molecular flexibility index (Phi) is 7.86. The Balaban J connectivity index is 2.46. The van der Waals surface area contributed by atoms with E-state index in [1.807, 2.05) is 13.8 Å². The van der Waals surface area contributed by atoms with Crippen molar-refractivity contribution in [3.63, 3.8) is 0 Å². The number of nitrogens with one attached hydrogen (secondary N) is 2. The highest BCUT2D eigenvalue weighted by Gasteiger charge is 2.26. The summed E-state index contributed by atoms with van der Waals surface area (Å²) in [6.07, 6.45) is -0.618. The minimum Gasteiger partial charge on any atom is -0.508 e. The third-order valence-corrected chi connectivity index (χ3v) is 3.91. The van der Waals surface area contributed by atoms with Crippen LogP contribution < -0.4 is 16.4 Å². The van der Waals surface area contributed by atoms with Gasteiger partial charge in [-0.05, 0) is 29.5 Å². The molecule has 2 unspecified atom stereocenters. The first kappa shape index (κ1) is 20.9. The molecule has 7 nitrogen and oxygen atoms in total. The van der Waals surface area contributed by atoms with E-state index in [4.69, 9.17) is 5.73 Å². The summed E-state index contributed by atoms with van der Waals surface area (Å²) < 4.78 is 0. The second-order valence-corrected chi connectivity index (χ2v) is 6.99. The maximum absolute atomic E-state index is 12.1. The van der Waals surface area contributed by atoms with Crippen molar-refractivity contribution < 1.29 is 19.8 Å². The van der Waals surface area contributed by atoms with Crippen molar-refractivity contribution in [3.8, 4) is 5.75 Å². The van der Waals surface area contributed by atoms with Crippen LogP contribution in [0.15, 0.2) is 24.3 Å². The van der Waals surface area contributed by atoms with E-state index in [0.717, 1.165) is 5.56 Å².